The fraction of sp³-hybridized carbons (Fsp3) is 0.909. The lowest BCUT2D eigenvalue weighted by Crippen LogP contribution is -2.54. The average Bonchev–Trinajstić information content (AvgIpc) is 2.67. The summed E-state index contributed by atoms with van der Waals surface area (Å²) in [4.78, 5) is 29.3. The van der Waals surface area contributed by atoms with Crippen molar-refractivity contribution in [3.63, 3.8) is 0 Å². The first kappa shape index (κ1) is 19.7. The third-order valence-corrected chi connectivity index (χ3v) is 6.96. The standard InChI is InChI=1S/C22H38N2O2/c1-22(2,3)21(26)24-15-13-23(14-16-24)20(25)19-11-9-18(10-12-19)17-7-5-4-6-8-17/h17-19H,4-16H2,1-3H3. The van der Waals surface area contributed by atoms with E-state index in [4.69, 9.17) is 0 Å². The number of nitrogens with zero attached hydrogens (tertiary/aromatic N) is 2. The van der Waals surface area contributed by atoms with Crippen molar-refractivity contribution in [1.29, 1.82) is 0 Å². The maximum absolute atomic E-state index is 12.9. The summed E-state index contributed by atoms with van der Waals surface area (Å²) in [7, 11) is 0. The molecule has 0 unspecified atom stereocenters. The summed E-state index contributed by atoms with van der Waals surface area (Å²) in [6.45, 7) is 8.72. The van der Waals surface area contributed by atoms with Crippen molar-refractivity contribution in [2.24, 2.45) is 23.2 Å². The molecule has 0 radical (unpaired) electrons. The zero-order chi connectivity index (χ0) is 18.7. The van der Waals surface area contributed by atoms with Crippen LogP contribution in [0.15, 0.2) is 0 Å². The van der Waals surface area contributed by atoms with Gasteiger partial charge in [0.15, 0.2) is 0 Å². The van der Waals surface area contributed by atoms with Crippen molar-refractivity contribution in [2.75, 3.05) is 26.2 Å². The van der Waals surface area contributed by atoms with E-state index in [0.717, 1.165) is 24.7 Å². The number of hydrogen-bond acceptors (Lipinski definition) is 2. The lowest BCUT2D eigenvalue weighted by molar-refractivity contribution is -0.147. The minimum Gasteiger partial charge on any atom is -0.339 e. The van der Waals surface area contributed by atoms with E-state index in [9.17, 15) is 9.59 Å². The van der Waals surface area contributed by atoms with Crippen LogP contribution in [-0.4, -0.2) is 47.8 Å². The van der Waals surface area contributed by atoms with Gasteiger partial charge in [0.25, 0.3) is 0 Å². The topological polar surface area (TPSA) is 40.6 Å². The van der Waals surface area contributed by atoms with Crippen LogP contribution in [-0.2, 0) is 9.59 Å². The van der Waals surface area contributed by atoms with Crippen LogP contribution in [0.1, 0.15) is 78.6 Å². The lowest BCUT2D eigenvalue weighted by atomic mass is 9.71. The van der Waals surface area contributed by atoms with E-state index in [0.29, 0.717) is 32.1 Å². The van der Waals surface area contributed by atoms with Gasteiger partial charge in [-0.2, -0.15) is 0 Å². The summed E-state index contributed by atoms with van der Waals surface area (Å²) >= 11 is 0. The molecule has 2 aliphatic carbocycles. The number of hydrogen-bond donors (Lipinski definition) is 0. The second-order valence-corrected chi connectivity index (χ2v) is 9.88. The molecule has 1 aliphatic heterocycles. The Morgan fingerprint density at radius 2 is 1.19 bits per heavy atom. The summed E-state index contributed by atoms with van der Waals surface area (Å²) in [5.41, 5.74) is -0.330. The second kappa shape index (κ2) is 8.31. The molecule has 26 heavy (non-hydrogen) atoms. The van der Waals surface area contributed by atoms with Gasteiger partial charge in [0.2, 0.25) is 11.8 Å². The van der Waals surface area contributed by atoms with Gasteiger partial charge >= 0.3 is 0 Å². The van der Waals surface area contributed by atoms with E-state index in [2.05, 4.69) is 0 Å². The van der Waals surface area contributed by atoms with Gasteiger partial charge in [0, 0.05) is 37.5 Å². The van der Waals surface area contributed by atoms with Crippen molar-refractivity contribution in [1.82, 2.24) is 9.80 Å². The highest BCUT2D eigenvalue weighted by Gasteiger charge is 2.35. The summed E-state index contributed by atoms with van der Waals surface area (Å²) in [6.07, 6.45) is 11.8. The van der Waals surface area contributed by atoms with Gasteiger partial charge in [0.1, 0.15) is 0 Å². The molecule has 3 rings (SSSR count). The van der Waals surface area contributed by atoms with Gasteiger partial charge in [-0.3, -0.25) is 9.59 Å². The number of amides is 2. The Hall–Kier alpha value is -1.06. The monoisotopic (exact) mass is 362 g/mol. The maximum atomic E-state index is 12.9. The summed E-state index contributed by atoms with van der Waals surface area (Å²) in [5, 5.41) is 0. The minimum atomic E-state index is -0.330. The fourth-order valence-corrected chi connectivity index (χ4v) is 5.31. The third kappa shape index (κ3) is 4.61. The highest BCUT2D eigenvalue weighted by Crippen LogP contribution is 2.40. The molecule has 3 aliphatic rings. The van der Waals surface area contributed by atoms with Gasteiger partial charge in [-0.05, 0) is 37.5 Å². The Morgan fingerprint density at radius 1 is 0.692 bits per heavy atom. The number of piperazine rings is 1. The quantitative estimate of drug-likeness (QED) is 0.742. The first-order chi connectivity index (χ1) is 12.4. The first-order valence-electron chi connectivity index (χ1n) is 10.9. The molecule has 0 aromatic rings. The van der Waals surface area contributed by atoms with Gasteiger partial charge < -0.3 is 9.80 Å². The number of carbonyl (C=O) groups is 2. The predicted octanol–water partition coefficient (Wildman–Crippen LogP) is 4.09. The van der Waals surface area contributed by atoms with Crippen LogP contribution < -0.4 is 0 Å². The molecule has 0 atom stereocenters. The highest BCUT2D eigenvalue weighted by molar-refractivity contribution is 5.82. The molecule has 148 valence electrons. The molecule has 1 heterocycles. The second-order valence-electron chi connectivity index (χ2n) is 9.88. The highest BCUT2D eigenvalue weighted by atomic mass is 16.2. The molecule has 0 aromatic carbocycles. The molecule has 4 nitrogen and oxygen atoms in total. The average molecular weight is 363 g/mol. The van der Waals surface area contributed by atoms with E-state index in [1.807, 2.05) is 30.6 Å². The molecule has 0 N–H and O–H groups in total. The number of carbonyl (C=O) groups excluding carboxylic acids is 2. The van der Waals surface area contributed by atoms with Crippen LogP contribution in [0.25, 0.3) is 0 Å². The van der Waals surface area contributed by atoms with Crippen LogP contribution >= 0.6 is 0 Å². The van der Waals surface area contributed by atoms with Crippen LogP contribution in [0.5, 0.6) is 0 Å². The Balaban J connectivity index is 1.44. The van der Waals surface area contributed by atoms with Gasteiger partial charge in [-0.15, -0.1) is 0 Å². The van der Waals surface area contributed by atoms with E-state index in [-0.39, 0.29) is 17.2 Å². The third-order valence-electron chi connectivity index (χ3n) is 6.96. The molecule has 0 bridgehead atoms. The molecular formula is C22H38N2O2. The summed E-state index contributed by atoms with van der Waals surface area (Å²) < 4.78 is 0. The Morgan fingerprint density at radius 3 is 1.73 bits per heavy atom. The Labute approximate surface area is 159 Å². The Bertz CT molecular complexity index is 489. The molecule has 1 saturated heterocycles. The molecule has 2 saturated carbocycles. The largest absolute Gasteiger partial charge is 0.339 e. The summed E-state index contributed by atoms with van der Waals surface area (Å²) in [6, 6.07) is 0. The van der Waals surface area contributed by atoms with Crippen LogP contribution in [0.2, 0.25) is 0 Å². The summed E-state index contributed by atoms with van der Waals surface area (Å²) in [5.74, 6) is 2.61. The molecule has 0 aromatic heterocycles. The van der Waals surface area contributed by atoms with E-state index in [1.54, 1.807) is 0 Å². The lowest BCUT2D eigenvalue weighted by Gasteiger charge is -2.40. The molecular weight excluding hydrogens is 324 g/mol. The smallest absolute Gasteiger partial charge is 0.228 e. The van der Waals surface area contributed by atoms with Crippen LogP contribution in [0, 0.1) is 23.2 Å². The van der Waals surface area contributed by atoms with Gasteiger partial charge in [-0.25, -0.2) is 0 Å². The first-order valence-corrected chi connectivity index (χ1v) is 10.9. The maximum Gasteiger partial charge on any atom is 0.228 e. The van der Waals surface area contributed by atoms with E-state index in [1.165, 1.54) is 44.9 Å². The Kier molecular flexibility index (Phi) is 6.29. The van der Waals surface area contributed by atoms with Crippen molar-refractivity contribution in [3.8, 4) is 0 Å². The van der Waals surface area contributed by atoms with Gasteiger partial charge in [-0.1, -0.05) is 52.9 Å². The van der Waals surface area contributed by atoms with Crippen molar-refractivity contribution < 1.29 is 9.59 Å². The van der Waals surface area contributed by atoms with E-state index < -0.39 is 0 Å². The fourth-order valence-electron chi connectivity index (χ4n) is 5.31. The van der Waals surface area contributed by atoms with E-state index >= 15 is 0 Å². The van der Waals surface area contributed by atoms with Crippen molar-refractivity contribution in [3.05, 3.63) is 0 Å². The molecule has 3 fully saturated rings. The SMILES string of the molecule is CC(C)(C)C(=O)N1CCN(C(=O)C2CCC(C3CCCCC3)CC2)CC1. The van der Waals surface area contributed by atoms with Crippen molar-refractivity contribution in [2.45, 2.75) is 78.6 Å². The molecule has 0 spiro atoms. The van der Waals surface area contributed by atoms with Gasteiger partial charge in [0.05, 0.1) is 0 Å². The van der Waals surface area contributed by atoms with Crippen LogP contribution in [0.4, 0.5) is 0 Å². The zero-order valence-corrected chi connectivity index (χ0v) is 17.1. The molecule has 2 amide bonds. The normalized spacial score (nSPS) is 28.9. The molecule has 4 heteroatoms. The van der Waals surface area contributed by atoms with Crippen LogP contribution in [0.3, 0.4) is 0 Å². The minimum absolute atomic E-state index is 0.206. The predicted molar refractivity (Wildman–Crippen MR) is 105 cm³/mol. The van der Waals surface area contributed by atoms with Crippen molar-refractivity contribution >= 4 is 11.8 Å². The number of rotatable bonds is 2. The zero-order valence-electron chi connectivity index (χ0n) is 17.1.